The van der Waals surface area contributed by atoms with Gasteiger partial charge in [-0.1, -0.05) is 11.8 Å². The van der Waals surface area contributed by atoms with Crippen molar-refractivity contribution in [2.24, 2.45) is 0 Å². The lowest BCUT2D eigenvalue weighted by atomic mass is 10.2. The topological polar surface area (TPSA) is 33.1 Å². The van der Waals surface area contributed by atoms with Gasteiger partial charge in [0.15, 0.2) is 0 Å². The van der Waals surface area contributed by atoms with Gasteiger partial charge < -0.3 is 5.11 Å². The third-order valence-corrected chi connectivity index (χ3v) is 3.32. The first-order valence-corrected chi connectivity index (χ1v) is 6.31. The van der Waals surface area contributed by atoms with E-state index in [1.807, 2.05) is 0 Å². The van der Waals surface area contributed by atoms with E-state index in [0.717, 1.165) is 24.0 Å². The van der Waals surface area contributed by atoms with Crippen molar-refractivity contribution in [1.82, 2.24) is 4.98 Å². The van der Waals surface area contributed by atoms with Gasteiger partial charge in [0.1, 0.15) is 10.8 Å². The summed E-state index contributed by atoms with van der Waals surface area (Å²) in [5.41, 5.74) is -0.448. The molecule has 7 heteroatoms. The third kappa shape index (κ3) is 3.71. The van der Waals surface area contributed by atoms with Crippen LogP contribution in [-0.2, 0) is 12.8 Å². The smallest absolute Gasteiger partial charge is 0.392 e. The van der Waals surface area contributed by atoms with Crippen molar-refractivity contribution in [3.63, 3.8) is 0 Å². The Morgan fingerprint density at radius 2 is 1.90 bits per heavy atom. The summed E-state index contributed by atoms with van der Waals surface area (Å²) < 4.78 is 50.4. The average Bonchev–Trinajstić information content (AvgIpc) is 2.37. The van der Waals surface area contributed by atoms with Crippen molar-refractivity contribution in [1.29, 1.82) is 0 Å². The molecular weight excluding hydrogens is 294 g/mol. The molecule has 0 saturated heterocycles. The number of aliphatic hydroxyl groups excluding tert-OH is 1. The van der Waals surface area contributed by atoms with Gasteiger partial charge >= 0.3 is 6.18 Å². The van der Waals surface area contributed by atoms with Gasteiger partial charge in [0.25, 0.3) is 0 Å². The highest BCUT2D eigenvalue weighted by Crippen LogP contribution is 2.32. The van der Waals surface area contributed by atoms with E-state index in [0.29, 0.717) is 15.5 Å². The monoisotopic (exact) mass is 303 g/mol. The predicted octanol–water partition coefficient (Wildman–Crippen LogP) is 3.88. The molecule has 2 nitrogen and oxygen atoms in total. The molecule has 1 heterocycles. The Hall–Kier alpha value is -1.60. The summed E-state index contributed by atoms with van der Waals surface area (Å²) in [4.78, 5) is 4.14. The van der Waals surface area contributed by atoms with Crippen LogP contribution in [0.1, 0.15) is 11.1 Å². The maximum absolute atomic E-state index is 13.2. The molecule has 0 aliphatic rings. The Bertz CT molecular complexity index is 598. The number of hydrogen-bond donors (Lipinski definition) is 1. The normalized spacial score (nSPS) is 11.7. The summed E-state index contributed by atoms with van der Waals surface area (Å²) >= 11 is 1.02. The number of halogens is 4. The molecule has 0 aliphatic heterocycles. The van der Waals surface area contributed by atoms with Crippen LogP contribution in [0, 0.1) is 5.82 Å². The minimum Gasteiger partial charge on any atom is -0.392 e. The first-order chi connectivity index (χ1) is 9.38. The average molecular weight is 303 g/mol. The van der Waals surface area contributed by atoms with E-state index in [1.54, 1.807) is 6.07 Å². The Morgan fingerprint density at radius 1 is 1.15 bits per heavy atom. The summed E-state index contributed by atoms with van der Waals surface area (Å²) in [6.45, 7) is -0.314. The Morgan fingerprint density at radius 3 is 2.45 bits per heavy atom. The zero-order chi connectivity index (χ0) is 14.8. The van der Waals surface area contributed by atoms with Crippen molar-refractivity contribution in [3.8, 4) is 0 Å². The van der Waals surface area contributed by atoms with Crippen LogP contribution in [0.2, 0.25) is 0 Å². The Kier molecular flexibility index (Phi) is 4.29. The van der Waals surface area contributed by atoms with Gasteiger partial charge in [0.05, 0.1) is 12.2 Å². The third-order valence-electron chi connectivity index (χ3n) is 2.40. The molecule has 0 amide bonds. The van der Waals surface area contributed by atoms with Gasteiger partial charge in [-0.3, -0.25) is 0 Å². The van der Waals surface area contributed by atoms with Crippen LogP contribution in [0.25, 0.3) is 0 Å². The fraction of sp³-hybridized carbons (Fsp3) is 0.154. The molecule has 1 aromatic carbocycles. The van der Waals surface area contributed by atoms with Gasteiger partial charge in [-0.05, 0) is 35.9 Å². The maximum Gasteiger partial charge on any atom is 0.417 e. The lowest BCUT2D eigenvalue weighted by molar-refractivity contribution is -0.137. The summed E-state index contributed by atoms with van der Waals surface area (Å²) in [5.74, 6) is -0.522. The highest BCUT2D eigenvalue weighted by molar-refractivity contribution is 7.99. The second-order valence-corrected chi connectivity index (χ2v) is 5.03. The first kappa shape index (κ1) is 14.8. The van der Waals surface area contributed by atoms with Gasteiger partial charge in [0.2, 0.25) is 0 Å². The fourth-order valence-corrected chi connectivity index (χ4v) is 2.36. The van der Waals surface area contributed by atoms with Gasteiger partial charge in [-0.25, -0.2) is 9.37 Å². The van der Waals surface area contributed by atoms with Crippen molar-refractivity contribution in [3.05, 3.63) is 53.5 Å². The molecule has 0 unspecified atom stereocenters. The summed E-state index contributed by atoms with van der Waals surface area (Å²) in [6.07, 6.45) is -3.70. The summed E-state index contributed by atoms with van der Waals surface area (Å²) in [5, 5.41) is 9.27. The molecule has 0 aliphatic carbocycles. The van der Waals surface area contributed by atoms with Crippen LogP contribution >= 0.6 is 11.8 Å². The van der Waals surface area contributed by atoms with Gasteiger partial charge in [-0.2, -0.15) is 13.2 Å². The van der Waals surface area contributed by atoms with Crippen LogP contribution < -0.4 is 0 Å². The quantitative estimate of drug-likeness (QED) is 0.873. The lowest BCUT2D eigenvalue weighted by Gasteiger charge is -2.07. The predicted molar refractivity (Wildman–Crippen MR) is 65.7 cm³/mol. The maximum atomic E-state index is 13.2. The van der Waals surface area contributed by atoms with Crippen molar-refractivity contribution in [2.45, 2.75) is 22.7 Å². The van der Waals surface area contributed by atoms with Gasteiger partial charge in [0, 0.05) is 11.1 Å². The van der Waals surface area contributed by atoms with Crippen LogP contribution in [-0.4, -0.2) is 10.1 Å². The van der Waals surface area contributed by atoms with E-state index in [1.165, 1.54) is 18.2 Å². The second-order valence-electron chi connectivity index (χ2n) is 3.94. The zero-order valence-corrected chi connectivity index (χ0v) is 10.8. The summed E-state index contributed by atoms with van der Waals surface area (Å²) in [7, 11) is 0. The molecule has 0 bridgehead atoms. The number of alkyl halides is 3. The van der Waals surface area contributed by atoms with E-state index in [2.05, 4.69) is 4.98 Å². The summed E-state index contributed by atoms with van der Waals surface area (Å²) in [6, 6.07) is 6.10. The number of benzene rings is 1. The Balaban J connectivity index is 2.20. The van der Waals surface area contributed by atoms with E-state index in [-0.39, 0.29) is 6.61 Å². The van der Waals surface area contributed by atoms with E-state index in [4.69, 9.17) is 5.11 Å². The molecule has 0 radical (unpaired) electrons. The van der Waals surface area contributed by atoms with E-state index >= 15 is 0 Å². The largest absolute Gasteiger partial charge is 0.417 e. The molecule has 0 saturated carbocycles. The van der Waals surface area contributed by atoms with Crippen molar-refractivity contribution in [2.75, 3.05) is 0 Å². The SMILES string of the molecule is OCc1cc(F)cc(Sc2ccc(C(F)(F)F)cn2)c1. The zero-order valence-electron chi connectivity index (χ0n) is 9.99. The molecule has 0 fully saturated rings. The molecule has 2 aromatic rings. The molecule has 1 aromatic heterocycles. The number of rotatable bonds is 3. The van der Waals surface area contributed by atoms with Crippen LogP contribution in [0.3, 0.4) is 0 Å². The molecule has 106 valence electrons. The molecular formula is C13H9F4NOS. The van der Waals surface area contributed by atoms with Crippen molar-refractivity contribution < 1.29 is 22.7 Å². The number of aliphatic hydroxyl groups is 1. The molecule has 2 rings (SSSR count). The number of aromatic nitrogens is 1. The minimum atomic E-state index is -4.43. The van der Waals surface area contributed by atoms with E-state index < -0.39 is 17.6 Å². The molecule has 0 atom stereocenters. The Labute approximate surface area is 116 Å². The lowest BCUT2D eigenvalue weighted by Crippen LogP contribution is -2.05. The van der Waals surface area contributed by atoms with E-state index in [9.17, 15) is 17.6 Å². The van der Waals surface area contributed by atoms with Crippen molar-refractivity contribution >= 4 is 11.8 Å². The minimum absolute atomic E-state index is 0.312. The highest BCUT2D eigenvalue weighted by Gasteiger charge is 2.30. The molecule has 1 N–H and O–H groups in total. The first-order valence-electron chi connectivity index (χ1n) is 5.50. The number of pyridine rings is 1. The van der Waals surface area contributed by atoms with Crippen LogP contribution in [0.4, 0.5) is 17.6 Å². The standard InChI is InChI=1S/C13H9F4NOS/c14-10-3-8(7-19)4-11(5-10)20-12-2-1-9(6-18-12)13(15,16)17/h1-6,19H,7H2. The highest BCUT2D eigenvalue weighted by atomic mass is 32.2. The van der Waals surface area contributed by atoms with Crippen LogP contribution in [0.5, 0.6) is 0 Å². The number of nitrogens with zero attached hydrogens (tertiary/aromatic N) is 1. The fourth-order valence-electron chi connectivity index (χ4n) is 1.50. The van der Waals surface area contributed by atoms with Crippen LogP contribution in [0.15, 0.2) is 46.5 Å². The molecule has 0 spiro atoms. The van der Waals surface area contributed by atoms with Gasteiger partial charge in [-0.15, -0.1) is 0 Å². The number of hydrogen-bond acceptors (Lipinski definition) is 3. The second kappa shape index (κ2) is 5.80. The molecule has 20 heavy (non-hydrogen) atoms.